The molecule has 1 aliphatic rings. The molecule has 2 rings (SSSR count). The van der Waals surface area contributed by atoms with Crippen LogP contribution in [0.4, 0.5) is 4.39 Å². The van der Waals surface area contributed by atoms with Crippen molar-refractivity contribution in [2.75, 3.05) is 0 Å². The molecule has 0 aliphatic heterocycles. The predicted molar refractivity (Wildman–Crippen MR) is 70.6 cm³/mol. The van der Waals surface area contributed by atoms with Crippen LogP contribution in [0, 0.1) is 24.6 Å². The summed E-state index contributed by atoms with van der Waals surface area (Å²) in [5, 5.41) is 0. The van der Waals surface area contributed by atoms with E-state index in [-0.39, 0.29) is 5.82 Å². The van der Waals surface area contributed by atoms with E-state index in [0.717, 1.165) is 35.8 Å². The normalized spacial score (nSPS) is 24.9. The van der Waals surface area contributed by atoms with Crippen LogP contribution in [0.1, 0.15) is 50.2 Å². The summed E-state index contributed by atoms with van der Waals surface area (Å²) in [6, 6.07) is 5.62. The molecule has 0 N–H and O–H groups in total. The number of hydrogen-bond acceptors (Lipinski definition) is 0. The Morgan fingerprint density at radius 2 is 1.88 bits per heavy atom. The first-order valence-electron chi connectivity index (χ1n) is 6.90. The molecule has 17 heavy (non-hydrogen) atoms. The molecule has 1 fully saturated rings. The van der Waals surface area contributed by atoms with Crippen molar-refractivity contribution in [2.45, 2.75) is 52.4 Å². The quantitative estimate of drug-likeness (QED) is 0.698. The Kier molecular flexibility index (Phi) is 4.20. The maximum absolute atomic E-state index is 13.7. The minimum Gasteiger partial charge on any atom is -0.207 e. The molecule has 0 nitrogen and oxygen atoms in total. The largest absolute Gasteiger partial charge is 0.207 e. The summed E-state index contributed by atoms with van der Waals surface area (Å²) >= 11 is 0. The molecule has 1 saturated carbocycles. The van der Waals surface area contributed by atoms with E-state index in [1.807, 2.05) is 19.1 Å². The fraction of sp³-hybridized carbons (Fsp3) is 0.625. The van der Waals surface area contributed by atoms with E-state index in [2.05, 4.69) is 6.92 Å². The fourth-order valence-electron chi connectivity index (χ4n) is 2.83. The second kappa shape index (κ2) is 5.66. The summed E-state index contributed by atoms with van der Waals surface area (Å²) in [7, 11) is 0. The van der Waals surface area contributed by atoms with Crippen molar-refractivity contribution in [3.05, 3.63) is 35.1 Å². The number of rotatable bonds is 3. The van der Waals surface area contributed by atoms with Gasteiger partial charge in [-0.25, -0.2) is 4.39 Å². The van der Waals surface area contributed by atoms with Crippen molar-refractivity contribution < 1.29 is 4.39 Å². The molecule has 1 heteroatoms. The zero-order chi connectivity index (χ0) is 12.3. The third-order valence-electron chi connectivity index (χ3n) is 4.17. The molecule has 0 spiro atoms. The van der Waals surface area contributed by atoms with Gasteiger partial charge in [-0.2, -0.15) is 0 Å². The highest BCUT2D eigenvalue weighted by atomic mass is 19.1. The third-order valence-corrected chi connectivity index (χ3v) is 4.17. The van der Waals surface area contributed by atoms with Crippen molar-refractivity contribution >= 4 is 0 Å². The minimum absolute atomic E-state index is 0.0193. The van der Waals surface area contributed by atoms with Gasteiger partial charge in [-0.05, 0) is 48.8 Å². The monoisotopic (exact) mass is 234 g/mol. The van der Waals surface area contributed by atoms with Gasteiger partial charge in [-0.3, -0.25) is 0 Å². The first kappa shape index (κ1) is 12.6. The predicted octanol–water partition coefficient (Wildman–Crippen LogP) is 4.89. The van der Waals surface area contributed by atoms with Crippen molar-refractivity contribution in [3.63, 3.8) is 0 Å². The molecule has 0 unspecified atom stereocenters. The Bertz CT molecular complexity index is 362. The molecule has 0 aromatic heterocycles. The van der Waals surface area contributed by atoms with Crippen LogP contribution in [0.25, 0.3) is 0 Å². The van der Waals surface area contributed by atoms with E-state index >= 15 is 0 Å². The van der Waals surface area contributed by atoms with Crippen LogP contribution >= 0.6 is 0 Å². The van der Waals surface area contributed by atoms with Gasteiger partial charge in [0.15, 0.2) is 0 Å². The van der Waals surface area contributed by atoms with Gasteiger partial charge in [-0.1, -0.05) is 44.7 Å². The summed E-state index contributed by atoms with van der Waals surface area (Å²) < 4.78 is 13.7. The molecule has 1 aromatic rings. The van der Waals surface area contributed by atoms with Crippen molar-refractivity contribution in [1.29, 1.82) is 0 Å². The van der Waals surface area contributed by atoms with Crippen LogP contribution in [0.5, 0.6) is 0 Å². The lowest BCUT2D eigenvalue weighted by molar-refractivity contribution is 0.277. The topological polar surface area (TPSA) is 0 Å². The SMILES string of the molecule is Cc1ccc(CCC2CCC(C)CC2)c(F)c1. The second-order valence-electron chi connectivity index (χ2n) is 5.76. The molecule has 0 saturated heterocycles. The van der Waals surface area contributed by atoms with Crippen LogP contribution < -0.4 is 0 Å². The molecule has 1 aliphatic carbocycles. The highest BCUT2D eigenvalue weighted by molar-refractivity contribution is 5.23. The first-order valence-corrected chi connectivity index (χ1v) is 6.90. The zero-order valence-corrected chi connectivity index (χ0v) is 11.0. The Hall–Kier alpha value is -0.850. The molecule has 1 aromatic carbocycles. The number of hydrogen-bond donors (Lipinski definition) is 0. The van der Waals surface area contributed by atoms with Crippen LogP contribution in [-0.2, 0) is 6.42 Å². The molecule has 0 amide bonds. The molecular weight excluding hydrogens is 211 g/mol. The standard InChI is InChI=1S/C16H23F/c1-12-3-6-14(7-4-12)8-10-15-9-5-13(2)11-16(15)17/h5,9,11-12,14H,3-4,6-8,10H2,1-2H3. The molecule has 0 bridgehead atoms. The van der Waals surface area contributed by atoms with E-state index in [1.165, 1.54) is 25.7 Å². The van der Waals surface area contributed by atoms with Gasteiger partial charge in [-0.15, -0.1) is 0 Å². The van der Waals surface area contributed by atoms with Gasteiger partial charge >= 0.3 is 0 Å². The van der Waals surface area contributed by atoms with Gasteiger partial charge in [0.1, 0.15) is 5.82 Å². The summed E-state index contributed by atoms with van der Waals surface area (Å²) in [4.78, 5) is 0. The Labute approximate surface area is 104 Å². The third kappa shape index (κ3) is 3.55. The van der Waals surface area contributed by atoms with E-state index < -0.39 is 0 Å². The summed E-state index contributed by atoms with van der Waals surface area (Å²) in [6.45, 7) is 4.28. The highest BCUT2D eigenvalue weighted by Crippen LogP contribution is 2.31. The lowest BCUT2D eigenvalue weighted by Gasteiger charge is -2.26. The van der Waals surface area contributed by atoms with Crippen molar-refractivity contribution in [3.8, 4) is 0 Å². The van der Waals surface area contributed by atoms with Gasteiger partial charge in [0.05, 0.1) is 0 Å². The summed E-state index contributed by atoms with van der Waals surface area (Å²) in [5.41, 5.74) is 1.91. The van der Waals surface area contributed by atoms with E-state index in [9.17, 15) is 4.39 Å². The van der Waals surface area contributed by atoms with Gasteiger partial charge < -0.3 is 0 Å². The smallest absolute Gasteiger partial charge is 0.126 e. The maximum Gasteiger partial charge on any atom is 0.126 e. The van der Waals surface area contributed by atoms with Crippen LogP contribution in [0.15, 0.2) is 18.2 Å². The second-order valence-corrected chi connectivity index (χ2v) is 5.76. The molecule has 0 radical (unpaired) electrons. The lowest BCUT2D eigenvalue weighted by Crippen LogP contribution is -2.13. The van der Waals surface area contributed by atoms with E-state index in [1.54, 1.807) is 6.07 Å². The Balaban J connectivity index is 1.85. The maximum atomic E-state index is 13.7. The zero-order valence-electron chi connectivity index (χ0n) is 11.0. The van der Waals surface area contributed by atoms with E-state index in [4.69, 9.17) is 0 Å². The van der Waals surface area contributed by atoms with Crippen LogP contribution in [0.2, 0.25) is 0 Å². The first-order chi connectivity index (χ1) is 8.15. The lowest BCUT2D eigenvalue weighted by atomic mass is 9.80. The number of benzene rings is 1. The molecule has 0 atom stereocenters. The minimum atomic E-state index is -0.0193. The van der Waals surface area contributed by atoms with Crippen LogP contribution in [-0.4, -0.2) is 0 Å². The van der Waals surface area contributed by atoms with E-state index in [0.29, 0.717) is 0 Å². The Morgan fingerprint density at radius 3 is 2.53 bits per heavy atom. The van der Waals surface area contributed by atoms with Crippen LogP contribution in [0.3, 0.4) is 0 Å². The fourth-order valence-corrected chi connectivity index (χ4v) is 2.83. The highest BCUT2D eigenvalue weighted by Gasteiger charge is 2.18. The summed E-state index contributed by atoms with van der Waals surface area (Å²) in [6.07, 6.45) is 7.48. The average molecular weight is 234 g/mol. The van der Waals surface area contributed by atoms with Crippen molar-refractivity contribution in [2.24, 2.45) is 11.8 Å². The average Bonchev–Trinajstić information content (AvgIpc) is 2.30. The van der Waals surface area contributed by atoms with Crippen molar-refractivity contribution in [1.82, 2.24) is 0 Å². The molecule has 0 heterocycles. The molecular formula is C16H23F. The number of halogens is 1. The molecule has 94 valence electrons. The summed E-state index contributed by atoms with van der Waals surface area (Å²) in [5.74, 6) is 1.71. The van der Waals surface area contributed by atoms with Gasteiger partial charge in [0.2, 0.25) is 0 Å². The Morgan fingerprint density at radius 1 is 1.18 bits per heavy atom. The van der Waals surface area contributed by atoms with Gasteiger partial charge in [0, 0.05) is 0 Å². The number of aryl methyl sites for hydroxylation is 2. The van der Waals surface area contributed by atoms with Gasteiger partial charge in [0.25, 0.3) is 0 Å².